The van der Waals surface area contributed by atoms with Gasteiger partial charge in [-0.1, -0.05) is 35.9 Å². The zero-order valence-electron chi connectivity index (χ0n) is 17.5. The van der Waals surface area contributed by atoms with Crippen molar-refractivity contribution in [3.05, 3.63) is 77.4 Å². The van der Waals surface area contributed by atoms with Gasteiger partial charge in [0.15, 0.2) is 0 Å². The highest BCUT2D eigenvalue weighted by Gasteiger charge is 2.76. The summed E-state index contributed by atoms with van der Waals surface area (Å²) in [4.78, 5) is 11.3. The minimum absolute atomic E-state index is 0.169. The molecule has 7 rings (SSSR count). The highest BCUT2D eigenvalue weighted by atomic mass is 16.5. The molecule has 4 aliphatic carbocycles. The minimum Gasteiger partial charge on any atom is -0.496 e. The number of ether oxygens (including phenoxy) is 1. The molecule has 0 heterocycles. The summed E-state index contributed by atoms with van der Waals surface area (Å²) in [5.41, 5.74) is 6.36. The second-order valence-corrected chi connectivity index (χ2v) is 10.0. The molecular formula is C28H24O3. The Morgan fingerprint density at radius 3 is 2.55 bits per heavy atom. The number of carbonyl (C=O) groups is 1. The van der Waals surface area contributed by atoms with Crippen molar-refractivity contribution < 1.29 is 14.6 Å². The molecule has 3 fully saturated rings. The molecule has 1 N–H and O–H groups in total. The molecule has 4 aliphatic rings. The van der Waals surface area contributed by atoms with Crippen molar-refractivity contribution in [3.8, 4) is 16.9 Å². The molecule has 0 saturated heterocycles. The van der Waals surface area contributed by atoms with E-state index in [2.05, 4.69) is 36.4 Å². The number of aromatic carboxylic acids is 1. The Labute approximate surface area is 181 Å². The van der Waals surface area contributed by atoms with E-state index in [0.717, 1.165) is 33.9 Å². The SMILES string of the molecule is COc1ccc(-c2ccc3cc(C(=O)O)ccc3c2)cc1C12C=C3CC4CC(C1)CC342. The maximum Gasteiger partial charge on any atom is 0.335 e. The van der Waals surface area contributed by atoms with Crippen molar-refractivity contribution in [1.29, 1.82) is 0 Å². The summed E-state index contributed by atoms with van der Waals surface area (Å²) in [6, 6.07) is 18.3. The van der Waals surface area contributed by atoms with Crippen LogP contribution in [0.5, 0.6) is 5.75 Å². The van der Waals surface area contributed by atoms with E-state index in [9.17, 15) is 9.90 Å². The molecule has 3 nitrogen and oxygen atoms in total. The summed E-state index contributed by atoms with van der Waals surface area (Å²) in [6.07, 6.45) is 7.97. The topological polar surface area (TPSA) is 46.5 Å². The van der Waals surface area contributed by atoms with Gasteiger partial charge in [-0.3, -0.25) is 0 Å². The largest absolute Gasteiger partial charge is 0.496 e. The lowest BCUT2D eigenvalue weighted by atomic mass is 9.37. The summed E-state index contributed by atoms with van der Waals surface area (Å²) >= 11 is 0. The van der Waals surface area contributed by atoms with Crippen LogP contribution >= 0.6 is 0 Å². The minimum atomic E-state index is -0.891. The van der Waals surface area contributed by atoms with Crippen molar-refractivity contribution in [2.75, 3.05) is 7.11 Å². The van der Waals surface area contributed by atoms with Gasteiger partial charge in [-0.25, -0.2) is 4.79 Å². The first kappa shape index (κ1) is 17.6. The zero-order chi connectivity index (χ0) is 21.0. The van der Waals surface area contributed by atoms with E-state index < -0.39 is 5.97 Å². The van der Waals surface area contributed by atoms with E-state index >= 15 is 0 Å². The number of carboxylic acids is 1. The quantitative estimate of drug-likeness (QED) is 0.522. The fraction of sp³-hybridized carbons (Fsp3) is 0.321. The van der Waals surface area contributed by atoms with Gasteiger partial charge in [0.25, 0.3) is 0 Å². The number of carboxylic acid groups (broad SMARTS) is 1. The number of rotatable bonds is 4. The van der Waals surface area contributed by atoms with Crippen molar-refractivity contribution >= 4 is 16.7 Å². The highest BCUT2D eigenvalue weighted by molar-refractivity contribution is 5.95. The van der Waals surface area contributed by atoms with E-state index in [1.54, 1.807) is 24.8 Å². The van der Waals surface area contributed by atoms with Crippen LogP contribution in [0, 0.1) is 17.3 Å². The lowest BCUT2D eigenvalue weighted by Gasteiger charge is -2.66. The first-order valence-corrected chi connectivity index (χ1v) is 11.2. The first-order chi connectivity index (χ1) is 15.0. The van der Waals surface area contributed by atoms with Crippen molar-refractivity contribution in [2.24, 2.45) is 17.3 Å². The summed E-state index contributed by atoms with van der Waals surface area (Å²) in [7, 11) is 1.79. The Kier molecular flexibility index (Phi) is 3.17. The molecule has 3 aromatic rings. The second kappa shape index (κ2) is 5.59. The average molecular weight is 408 g/mol. The molecular weight excluding hydrogens is 384 g/mol. The lowest BCUT2D eigenvalue weighted by Crippen LogP contribution is -2.60. The summed E-state index contributed by atoms with van der Waals surface area (Å²) in [5, 5.41) is 11.3. The molecule has 0 radical (unpaired) electrons. The summed E-state index contributed by atoms with van der Waals surface area (Å²) in [5.74, 6) is 1.86. The van der Waals surface area contributed by atoms with Gasteiger partial charge in [-0.2, -0.15) is 0 Å². The number of benzene rings is 3. The molecule has 0 aliphatic heterocycles. The Morgan fingerprint density at radius 2 is 1.77 bits per heavy atom. The van der Waals surface area contributed by atoms with E-state index in [-0.39, 0.29) is 5.41 Å². The molecule has 0 amide bonds. The van der Waals surface area contributed by atoms with Crippen LogP contribution in [-0.4, -0.2) is 18.2 Å². The van der Waals surface area contributed by atoms with Gasteiger partial charge in [-0.15, -0.1) is 0 Å². The third-order valence-electron chi connectivity index (χ3n) is 8.89. The van der Waals surface area contributed by atoms with E-state index in [0.29, 0.717) is 11.0 Å². The Balaban J connectivity index is 1.35. The van der Waals surface area contributed by atoms with Gasteiger partial charge in [0.2, 0.25) is 0 Å². The van der Waals surface area contributed by atoms with Gasteiger partial charge in [-0.05, 0) is 89.8 Å². The standard InChI is InChI=1S/C28H24O3/c1-31-25-7-6-20(18-2-3-19-10-21(26(29)30)5-4-17(19)9-18)11-24(25)27-13-16-8-22-12-23(15-27)28(22,27)14-16/h2-7,9-11,15-16,22H,8,12-14H2,1H3,(H,29,30). The Morgan fingerprint density at radius 1 is 1.00 bits per heavy atom. The average Bonchev–Trinajstić information content (AvgIpc) is 3.27. The number of fused-ring (bicyclic) bond motifs is 2. The van der Waals surface area contributed by atoms with Crippen molar-refractivity contribution in [2.45, 2.75) is 31.1 Å². The Bertz CT molecular complexity index is 1340. The fourth-order valence-electron chi connectivity index (χ4n) is 7.72. The van der Waals surface area contributed by atoms with Crippen LogP contribution in [0.15, 0.2) is 66.2 Å². The van der Waals surface area contributed by atoms with Gasteiger partial charge in [0.1, 0.15) is 5.75 Å². The van der Waals surface area contributed by atoms with Crippen LogP contribution in [0.25, 0.3) is 21.9 Å². The summed E-state index contributed by atoms with van der Waals surface area (Å²) in [6.45, 7) is 0. The van der Waals surface area contributed by atoms with Gasteiger partial charge in [0, 0.05) is 16.4 Å². The number of hydrogen-bond acceptors (Lipinski definition) is 2. The lowest BCUT2D eigenvalue weighted by molar-refractivity contribution is 0.0283. The smallest absolute Gasteiger partial charge is 0.335 e. The zero-order valence-corrected chi connectivity index (χ0v) is 17.5. The van der Waals surface area contributed by atoms with Crippen LogP contribution in [0.1, 0.15) is 41.6 Å². The van der Waals surface area contributed by atoms with Gasteiger partial charge in [0.05, 0.1) is 12.7 Å². The van der Waals surface area contributed by atoms with Crippen molar-refractivity contribution in [3.63, 3.8) is 0 Å². The molecule has 3 saturated carbocycles. The molecule has 2 bridgehead atoms. The Hall–Kier alpha value is -3.07. The number of hydrogen-bond donors (Lipinski definition) is 1. The maximum absolute atomic E-state index is 11.3. The second-order valence-electron chi connectivity index (χ2n) is 10.0. The van der Waals surface area contributed by atoms with Crippen LogP contribution in [0.4, 0.5) is 0 Å². The predicted molar refractivity (Wildman–Crippen MR) is 121 cm³/mol. The normalized spacial score (nSPS) is 31.6. The van der Waals surface area contributed by atoms with Gasteiger partial charge < -0.3 is 9.84 Å². The molecule has 154 valence electrons. The number of methoxy groups -OCH3 is 1. The third kappa shape index (κ3) is 1.98. The van der Waals surface area contributed by atoms with Crippen LogP contribution in [0.3, 0.4) is 0 Å². The van der Waals surface area contributed by atoms with Crippen LogP contribution in [0.2, 0.25) is 0 Å². The molecule has 0 aromatic heterocycles. The van der Waals surface area contributed by atoms with E-state index in [1.165, 1.54) is 36.8 Å². The first-order valence-electron chi connectivity index (χ1n) is 11.2. The predicted octanol–water partition coefficient (Wildman–Crippen LogP) is 6.21. The summed E-state index contributed by atoms with van der Waals surface area (Å²) < 4.78 is 5.87. The molecule has 4 unspecified atom stereocenters. The van der Waals surface area contributed by atoms with E-state index in [4.69, 9.17) is 4.74 Å². The maximum atomic E-state index is 11.3. The molecule has 3 aromatic carbocycles. The molecule has 1 spiro atoms. The molecule has 31 heavy (non-hydrogen) atoms. The van der Waals surface area contributed by atoms with Crippen LogP contribution < -0.4 is 4.74 Å². The molecule has 4 atom stereocenters. The van der Waals surface area contributed by atoms with Crippen molar-refractivity contribution in [1.82, 2.24) is 0 Å². The fourth-order valence-corrected chi connectivity index (χ4v) is 7.72. The number of allylic oxidation sites excluding steroid dienone is 2. The van der Waals surface area contributed by atoms with Gasteiger partial charge >= 0.3 is 5.97 Å². The van der Waals surface area contributed by atoms with Crippen LogP contribution in [-0.2, 0) is 5.41 Å². The third-order valence-corrected chi connectivity index (χ3v) is 8.89. The highest BCUT2D eigenvalue weighted by Crippen LogP contribution is 2.83. The monoisotopic (exact) mass is 408 g/mol. The van der Waals surface area contributed by atoms with E-state index in [1.807, 2.05) is 12.1 Å². The molecule has 3 heteroatoms.